The molecule has 4 heteroatoms. The molecule has 112 valence electrons. The molecule has 0 saturated heterocycles. The molecule has 1 aromatic rings. The van der Waals surface area contributed by atoms with Crippen molar-refractivity contribution in [2.45, 2.75) is 39.7 Å². The van der Waals surface area contributed by atoms with Crippen molar-refractivity contribution in [1.29, 1.82) is 0 Å². The van der Waals surface area contributed by atoms with Gasteiger partial charge in [-0.2, -0.15) is 0 Å². The highest BCUT2D eigenvalue weighted by atomic mass is 16.5. The maximum absolute atomic E-state index is 11.9. The van der Waals surface area contributed by atoms with Crippen molar-refractivity contribution >= 4 is 11.6 Å². The third-order valence-electron chi connectivity index (χ3n) is 3.25. The molecule has 4 nitrogen and oxygen atoms in total. The summed E-state index contributed by atoms with van der Waals surface area (Å²) in [5.41, 5.74) is 3.61. The van der Waals surface area contributed by atoms with E-state index < -0.39 is 0 Å². The van der Waals surface area contributed by atoms with E-state index in [4.69, 9.17) is 4.74 Å². The monoisotopic (exact) mass is 278 g/mol. The van der Waals surface area contributed by atoms with Crippen LogP contribution in [0, 0.1) is 0 Å². The number of para-hydroxylation sites is 1. The number of anilines is 1. The van der Waals surface area contributed by atoms with E-state index in [-0.39, 0.29) is 18.5 Å². The lowest BCUT2D eigenvalue weighted by Crippen LogP contribution is -2.39. The molecule has 0 saturated carbocycles. The summed E-state index contributed by atoms with van der Waals surface area (Å²) in [5.74, 6) is -0.0116. The van der Waals surface area contributed by atoms with Gasteiger partial charge in [0, 0.05) is 18.8 Å². The van der Waals surface area contributed by atoms with Gasteiger partial charge in [0.25, 0.3) is 0 Å². The van der Waals surface area contributed by atoms with Gasteiger partial charge in [-0.1, -0.05) is 32.0 Å². The highest BCUT2D eigenvalue weighted by Gasteiger charge is 2.10. The van der Waals surface area contributed by atoms with E-state index in [0.717, 1.165) is 18.5 Å². The Bertz CT molecular complexity index is 410. The summed E-state index contributed by atoms with van der Waals surface area (Å²) in [6, 6.07) is 6.31. The first-order valence-electron chi connectivity index (χ1n) is 7.25. The second-order valence-corrected chi connectivity index (χ2v) is 4.94. The Morgan fingerprint density at radius 1 is 1.25 bits per heavy atom. The lowest BCUT2D eigenvalue weighted by molar-refractivity contribution is -0.120. The Morgan fingerprint density at radius 2 is 1.85 bits per heavy atom. The molecule has 0 aromatic heterocycles. The second kappa shape index (κ2) is 8.59. The van der Waals surface area contributed by atoms with Gasteiger partial charge in [0.1, 0.15) is 0 Å². The molecule has 1 atom stereocenters. The Balaban J connectivity index is 2.63. The molecule has 0 heterocycles. The number of aryl methyl sites for hydroxylation is 2. The first-order valence-corrected chi connectivity index (χ1v) is 7.25. The van der Waals surface area contributed by atoms with Gasteiger partial charge in [-0.05, 0) is 30.9 Å². The number of methoxy groups -OCH3 is 1. The summed E-state index contributed by atoms with van der Waals surface area (Å²) < 4.78 is 5.01. The van der Waals surface area contributed by atoms with Crippen molar-refractivity contribution in [1.82, 2.24) is 5.32 Å². The lowest BCUT2D eigenvalue weighted by atomic mass is 10.0. The van der Waals surface area contributed by atoms with Crippen LogP contribution >= 0.6 is 0 Å². The van der Waals surface area contributed by atoms with Crippen LogP contribution in [0.15, 0.2) is 18.2 Å². The molecule has 0 bridgehead atoms. The summed E-state index contributed by atoms with van der Waals surface area (Å²) in [4.78, 5) is 11.9. The maximum Gasteiger partial charge on any atom is 0.239 e. The van der Waals surface area contributed by atoms with Crippen LogP contribution in [0.1, 0.15) is 31.9 Å². The van der Waals surface area contributed by atoms with E-state index in [9.17, 15) is 4.79 Å². The van der Waals surface area contributed by atoms with Crippen LogP contribution in [0.5, 0.6) is 0 Å². The average Bonchev–Trinajstić information content (AvgIpc) is 2.44. The molecule has 0 aliphatic carbocycles. The minimum Gasteiger partial charge on any atom is -0.383 e. The molecule has 0 spiro atoms. The minimum absolute atomic E-state index is 0.0116. The predicted molar refractivity (Wildman–Crippen MR) is 83.2 cm³/mol. The van der Waals surface area contributed by atoms with Gasteiger partial charge in [0.15, 0.2) is 0 Å². The van der Waals surface area contributed by atoms with Crippen LogP contribution in [-0.4, -0.2) is 32.2 Å². The fourth-order valence-electron chi connectivity index (χ4n) is 2.26. The zero-order valence-corrected chi connectivity index (χ0v) is 13.0. The molecule has 1 amide bonds. The van der Waals surface area contributed by atoms with E-state index in [2.05, 4.69) is 42.7 Å². The van der Waals surface area contributed by atoms with Gasteiger partial charge < -0.3 is 15.4 Å². The zero-order chi connectivity index (χ0) is 15.0. The number of hydrogen-bond acceptors (Lipinski definition) is 3. The molecular weight excluding hydrogens is 252 g/mol. The van der Waals surface area contributed by atoms with Crippen molar-refractivity contribution in [2.24, 2.45) is 0 Å². The second-order valence-electron chi connectivity index (χ2n) is 4.94. The van der Waals surface area contributed by atoms with E-state index >= 15 is 0 Å². The van der Waals surface area contributed by atoms with Crippen LogP contribution in [0.4, 0.5) is 5.69 Å². The summed E-state index contributed by atoms with van der Waals surface area (Å²) in [7, 11) is 1.63. The molecule has 20 heavy (non-hydrogen) atoms. The summed E-state index contributed by atoms with van der Waals surface area (Å²) >= 11 is 0. The van der Waals surface area contributed by atoms with Crippen LogP contribution in [-0.2, 0) is 22.4 Å². The molecule has 0 fully saturated rings. The summed E-state index contributed by atoms with van der Waals surface area (Å²) in [5, 5.41) is 6.18. The van der Waals surface area contributed by atoms with Gasteiger partial charge in [0.2, 0.25) is 5.91 Å². The number of carbonyl (C=O) groups excluding carboxylic acids is 1. The molecular formula is C16H26N2O2. The quantitative estimate of drug-likeness (QED) is 0.767. The van der Waals surface area contributed by atoms with Gasteiger partial charge >= 0.3 is 0 Å². The molecule has 1 rings (SSSR count). The zero-order valence-electron chi connectivity index (χ0n) is 13.0. The Morgan fingerprint density at radius 3 is 2.35 bits per heavy atom. The molecule has 0 radical (unpaired) electrons. The number of amides is 1. The largest absolute Gasteiger partial charge is 0.383 e. The highest BCUT2D eigenvalue weighted by Crippen LogP contribution is 2.22. The van der Waals surface area contributed by atoms with Gasteiger partial charge in [-0.15, -0.1) is 0 Å². The van der Waals surface area contributed by atoms with E-state index in [1.807, 2.05) is 6.92 Å². The van der Waals surface area contributed by atoms with Crippen molar-refractivity contribution in [3.63, 3.8) is 0 Å². The van der Waals surface area contributed by atoms with Crippen molar-refractivity contribution in [3.8, 4) is 0 Å². The van der Waals surface area contributed by atoms with Crippen LogP contribution in [0.3, 0.4) is 0 Å². The normalized spacial score (nSPS) is 12.0. The topological polar surface area (TPSA) is 50.4 Å². The number of carbonyl (C=O) groups is 1. The molecule has 2 N–H and O–H groups in total. The van der Waals surface area contributed by atoms with Crippen molar-refractivity contribution < 1.29 is 9.53 Å². The predicted octanol–water partition coefficient (Wildman–Crippen LogP) is 2.37. The summed E-state index contributed by atoms with van der Waals surface area (Å²) in [6.07, 6.45) is 1.91. The van der Waals surface area contributed by atoms with Crippen molar-refractivity contribution in [2.75, 3.05) is 25.6 Å². The number of rotatable bonds is 8. The molecule has 1 aromatic carbocycles. The number of hydrogen-bond donors (Lipinski definition) is 2. The fraction of sp³-hybridized carbons (Fsp3) is 0.562. The van der Waals surface area contributed by atoms with E-state index in [0.29, 0.717) is 6.61 Å². The molecule has 1 unspecified atom stereocenters. The van der Waals surface area contributed by atoms with Crippen LogP contribution in [0.2, 0.25) is 0 Å². The van der Waals surface area contributed by atoms with Crippen LogP contribution in [0.25, 0.3) is 0 Å². The summed E-state index contributed by atoms with van der Waals surface area (Å²) in [6.45, 7) is 7.00. The first kappa shape index (κ1) is 16.5. The number of nitrogens with one attached hydrogen (secondary N) is 2. The Kier molecular flexibility index (Phi) is 7.09. The average molecular weight is 278 g/mol. The van der Waals surface area contributed by atoms with Gasteiger partial charge in [-0.3, -0.25) is 4.79 Å². The molecule has 0 aliphatic rings. The molecule has 0 aliphatic heterocycles. The third-order valence-corrected chi connectivity index (χ3v) is 3.25. The Hall–Kier alpha value is -1.55. The van der Waals surface area contributed by atoms with E-state index in [1.165, 1.54) is 11.1 Å². The fourth-order valence-corrected chi connectivity index (χ4v) is 2.26. The van der Waals surface area contributed by atoms with Gasteiger partial charge in [-0.25, -0.2) is 0 Å². The lowest BCUT2D eigenvalue weighted by Gasteiger charge is -2.17. The third kappa shape index (κ3) is 4.85. The highest BCUT2D eigenvalue weighted by molar-refractivity contribution is 5.81. The van der Waals surface area contributed by atoms with E-state index in [1.54, 1.807) is 7.11 Å². The van der Waals surface area contributed by atoms with Gasteiger partial charge in [0.05, 0.1) is 13.2 Å². The standard InChI is InChI=1S/C16H26N2O2/c1-5-13-8-7-9-14(6-2)16(13)17-10-15(19)18-12(3)11-20-4/h7-9,12,17H,5-6,10-11H2,1-4H3,(H,18,19). The van der Waals surface area contributed by atoms with Crippen LogP contribution < -0.4 is 10.6 Å². The van der Waals surface area contributed by atoms with Crippen molar-refractivity contribution in [3.05, 3.63) is 29.3 Å². The number of ether oxygens (including phenoxy) is 1. The maximum atomic E-state index is 11.9. The number of benzene rings is 1. The minimum atomic E-state index is -0.0116. The first-order chi connectivity index (χ1) is 9.62. The Labute approximate surface area is 121 Å². The smallest absolute Gasteiger partial charge is 0.239 e. The SMILES string of the molecule is CCc1cccc(CC)c1NCC(=O)NC(C)COC.